The van der Waals surface area contributed by atoms with Gasteiger partial charge in [0.05, 0.1) is 6.54 Å². The number of nitrogens with zero attached hydrogens (tertiary/aromatic N) is 2. The largest absolute Gasteiger partial charge is 0.411 e. The Kier molecular flexibility index (Phi) is 5.09. The summed E-state index contributed by atoms with van der Waals surface area (Å²) >= 11 is 0. The molecule has 3 heteroatoms. The van der Waals surface area contributed by atoms with Gasteiger partial charge in [-0.05, 0) is 25.9 Å². The maximum absolute atomic E-state index is 8.28. The molecule has 0 aromatic rings. The molecule has 0 saturated carbocycles. The van der Waals surface area contributed by atoms with Gasteiger partial charge in [0.15, 0.2) is 0 Å². The Hall–Kier alpha value is -1.01. The SMILES string of the molecule is CC(/C=N/O)CC#CCN1CCCC1. The van der Waals surface area contributed by atoms with Crippen LogP contribution < -0.4 is 0 Å². The fourth-order valence-corrected chi connectivity index (χ4v) is 1.51. The lowest BCUT2D eigenvalue weighted by Gasteiger charge is -2.08. The maximum atomic E-state index is 8.28. The lowest BCUT2D eigenvalue weighted by Crippen LogP contribution is -2.19. The summed E-state index contributed by atoms with van der Waals surface area (Å²) in [7, 11) is 0. The third kappa shape index (κ3) is 4.29. The molecule has 0 spiro atoms. The van der Waals surface area contributed by atoms with Crippen molar-refractivity contribution in [1.82, 2.24) is 4.90 Å². The van der Waals surface area contributed by atoms with E-state index in [2.05, 4.69) is 21.9 Å². The van der Waals surface area contributed by atoms with Gasteiger partial charge in [0, 0.05) is 18.6 Å². The minimum Gasteiger partial charge on any atom is -0.411 e. The maximum Gasteiger partial charge on any atom is 0.0601 e. The first kappa shape index (κ1) is 11.1. The van der Waals surface area contributed by atoms with Crippen LogP contribution in [0.25, 0.3) is 0 Å². The highest BCUT2D eigenvalue weighted by Gasteiger charge is 2.08. The molecule has 1 atom stereocenters. The van der Waals surface area contributed by atoms with Crippen LogP contribution in [0.4, 0.5) is 0 Å². The third-order valence-electron chi connectivity index (χ3n) is 2.37. The molecule has 0 amide bonds. The standard InChI is InChI=1S/C11H18N2O/c1-11(10-12-14)6-2-3-7-13-8-4-5-9-13/h10-11,14H,4-9H2,1H3/b12-10+. The monoisotopic (exact) mass is 194 g/mol. The van der Waals surface area contributed by atoms with E-state index >= 15 is 0 Å². The zero-order valence-electron chi connectivity index (χ0n) is 8.74. The quantitative estimate of drug-likeness (QED) is 0.320. The average molecular weight is 194 g/mol. The molecule has 14 heavy (non-hydrogen) atoms. The van der Waals surface area contributed by atoms with Crippen molar-refractivity contribution in [3.63, 3.8) is 0 Å². The Morgan fingerprint density at radius 3 is 2.79 bits per heavy atom. The molecule has 0 bridgehead atoms. The number of hydrogen-bond acceptors (Lipinski definition) is 3. The van der Waals surface area contributed by atoms with E-state index < -0.39 is 0 Å². The highest BCUT2D eigenvalue weighted by molar-refractivity contribution is 5.59. The van der Waals surface area contributed by atoms with Gasteiger partial charge in [-0.1, -0.05) is 12.8 Å². The molecule has 1 N–H and O–H groups in total. The van der Waals surface area contributed by atoms with Gasteiger partial charge in [0.1, 0.15) is 0 Å². The second-order valence-corrected chi connectivity index (χ2v) is 3.78. The smallest absolute Gasteiger partial charge is 0.0601 e. The Morgan fingerprint density at radius 2 is 2.14 bits per heavy atom. The first-order valence-corrected chi connectivity index (χ1v) is 5.18. The van der Waals surface area contributed by atoms with Gasteiger partial charge in [-0.3, -0.25) is 4.90 Å². The topological polar surface area (TPSA) is 35.8 Å². The molecule has 1 aliphatic rings. The predicted octanol–water partition coefficient (Wildman–Crippen LogP) is 1.57. The van der Waals surface area contributed by atoms with E-state index in [-0.39, 0.29) is 5.92 Å². The fraction of sp³-hybridized carbons (Fsp3) is 0.727. The molecule has 0 radical (unpaired) electrons. The lowest BCUT2D eigenvalue weighted by molar-refractivity contribution is 0.318. The van der Waals surface area contributed by atoms with Crippen LogP contribution >= 0.6 is 0 Å². The van der Waals surface area contributed by atoms with E-state index in [1.54, 1.807) is 0 Å². The van der Waals surface area contributed by atoms with Crippen molar-refractivity contribution in [2.45, 2.75) is 26.2 Å². The minimum absolute atomic E-state index is 0.242. The van der Waals surface area contributed by atoms with Crippen LogP contribution in [0.3, 0.4) is 0 Å². The van der Waals surface area contributed by atoms with Gasteiger partial charge in [0.2, 0.25) is 0 Å². The Labute approximate surface area is 85.8 Å². The summed E-state index contributed by atoms with van der Waals surface area (Å²) in [5.41, 5.74) is 0. The summed E-state index contributed by atoms with van der Waals surface area (Å²) in [4.78, 5) is 2.37. The molecule has 1 rings (SSSR count). The molecule has 0 aromatic heterocycles. The summed E-state index contributed by atoms with van der Waals surface area (Å²) in [6.45, 7) is 5.28. The third-order valence-corrected chi connectivity index (χ3v) is 2.37. The van der Waals surface area contributed by atoms with Crippen molar-refractivity contribution in [1.29, 1.82) is 0 Å². The number of hydrogen-bond donors (Lipinski definition) is 1. The van der Waals surface area contributed by atoms with Gasteiger partial charge in [-0.25, -0.2) is 0 Å². The zero-order chi connectivity index (χ0) is 10.2. The molecular formula is C11H18N2O. The highest BCUT2D eigenvalue weighted by atomic mass is 16.4. The lowest BCUT2D eigenvalue weighted by atomic mass is 10.1. The van der Waals surface area contributed by atoms with Crippen LogP contribution in [-0.2, 0) is 0 Å². The zero-order valence-corrected chi connectivity index (χ0v) is 8.74. The van der Waals surface area contributed by atoms with Gasteiger partial charge < -0.3 is 5.21 Å². The Balaban J connectivity index is 2.13. The van der Waals surface area contributed by atoms with E-state index in [0.29, 0.717) is 0 Å². The van der Waals surface area contributed by atoms with E-state index in [9.17, 15) is 0 Å². The molecule has 3 nitrogen and oxygen atoms in total. The molecule has 0 aromatic carbocycles. The molecule has 1 heterocycles. The van der Waals surface area contributed by atoms with Crippen LogP contribution in [0.1, 0.15) is 26.2 Å². The molecule has 1 saturated heterocycles. The second-order valence-electron chi connectivity index (χ2n) is 3.78. The normalized spacial score (nSPS) is 19.5. The van der Waals surface area contributed by atoms with Gasteiger partial charge in [0.25, 0.3) is 0 Å². The Morgan fingerprint density at radius 1 is 1.43 bits per heavy atom. The minimum atomic E-state index is 0.242. The summed E-state index contributed by atoms with van der Waals surface area (Å²) < 4.78 is 0. The highest BCUT2D eigenvalue weighted by Crippen LogP contribution is 2.05. The summed E-state index contributed by atoms with van der Waals surface area (Å²) in [6.07, 6.45) is 4.92. The number of likely N-dealkylation sites (tertiary alicyclic amines) is 1. The molecule has 1 unspecified atom stereocenters. The molecule has 0 aliphatic carbocycles. The van der Waals surface area contributed by atoms with Crippen molar-refractivity contribution in [2.75, 3.05) is 19.6 Å². The van der Waals surface area contributed by atoms with Gasteiger partial charge >= 0.3 is 0 Å². The van der Waals surface area contributed by atoms with Crippen LogP contribution in [0.5, 0.6) is 0 Å². The van der Waals surface area contributed by atoms with Gasteiger partial charge in [-0.15, -0.1) is 11.1 Å². The summed E-state index contributed by atoms with van der Waals surface area (Å²) in [6, 6.07) is 0. The fourth-order valence-electron chi connectivity index (χ4n) is 1.51. The van der Waals surface area contributed by atoms with E-state index in [0.717, 1.165) is 13.0 Å². The molecular weight excluding hydrogens is 176 g/mol. The van der Waals surface area contributed by atoms with E-state index in [4.69, 9.17) is 5.21 Å². The summed E-state index contributed by atoms with van der Waals surface area (Å²) in [5.74, 6) is 6.49. The predicted molar refractivity (Wildman–Crippen MR) is 57.5 cm³/mol. The van der Waals surface area contributed by atoms with Crippen LogP contribution in [0, 0.1) is 17.8 Å². The van der Waals surface area contributed by atoms with Crippen molar-refractivity contribution in [3.05, 3.63) is 0 Å². The van der Waals surface area contributed by atoms with Crippen molar-refractivity contribution >= 4 is 6.21 Å². The van der Waals surface area contributed by atoms with E-state index in [1.807, 2.05) is 6.92 Å². The van der Waals surface area contributed by atoms with Crippen LogP contribution in [-0.4, -0.2) is 36.0 Å². The first-order chi connectivity index (χ1) is 6.83. The Bertz CT molecular complexity index is 233. The molecule has 1 fully saturated rings. The van der Waals surface area contributed by atoms with Crippen molar-refractivity contribution in [2.24, 2.45) is 11.1 Å². The van der Waals surface area contributed by atoms with Gasteiger partial charge in [-0.2, -0.15) is 0 Å². The van der Waals surface area contributed by atoms with Crippen molar-refractivity contribution in [3.8, 4) is 11.8 Å². The van der Waals surface area contributed by atoms with Crippen LogP contribution in [0.15, 0.2) is 5.16 Å². The van der Waals surface area contributed by atoms with E-state index in [1.165, 1.54) is 32.1 Å². The summed E-state index contributed by atoms with van der Waals surface area (Å²) in [5, 5.41) is 11.3. The number of oxime groups is 1. The average Bonchev–Trinajstić information content (AvgIpc) is 2.65. The molecule has 78 valence electrons. The molecule has 1 aliphatic heterocycles. The van der Waals surface area contributed by atoms with Crippen molar-refractivity contribution < 1.29 is 5.21 Å². The van der Waals surface area contributed by atoms with Crippen LogP contribution in [0.2, 0.25) is 0 Å². The number of rotatable bonds is 3. The second kappa shape index (κ2) is 6.44. The first-order valence-electron chi connectivity index (χ1n) is 5.18.